The predicted octanol–water partition coefficient (Wildman–Crippen LogP) is 2.70. The number of amides is 1. The number of hydrogen-bond donors (Lipinski definition) is 2. The van der Waals surface area contributed by atoms with Crippen LogP contribution >= 0.6 is 0 Å². The fourth-order valence-electron chi connectivity index (χ4n) is 2.59. The van der Waals surface area contributed by atoms with E-state index in [0.29, 0.717) is 11.8 Å². The molecule has 0 spiro atoms. The smallest absolute Gasteiger partial charge is 0.220 e. The van der Waals surface area contributed by atoms with Crippen molar-refractivity contribution in [2.45, 2.75) is 38.5 Å². The number of nitrogen functional groups attached to an aromatic ring is 1. The molecule has 116 valence electrons. The van der Waals surface area contributed by atoms with Crippen LogP contribution in [0.2, 0.25) is 0 Å². The number of nitrogens with two attached hydrogens (primary N) is 1. The number of carbonyl (C=O) groups is 1. The van der Waals surface area contributed by atoms with Gasteiger partial charge in [-0.2, -0.15) is 0 Å². The summed E-state index contributed by atoms with van der Waals surface area (Å²) in [6, 6.07) is 7.75. The van der Waals surface area contributed by atoms with Crippen LogP contribution in [0.5, 0.6) is 0 Å². The van der Waals surface area contributed by atoms with E-state index in [4.69, 9.17) is 10.5 Å². The van der Waals surface area contributed by atoms with Gasteiger partial charge in [-0.25, -0.2) is 0 Å². The van der Waals surface area contributed by atoms with Gasteiger partial charge in [0.2, 0.25) is 5.91 Å². The SMILES string of the molecule is COCCC1(CNC(=O)CC(C)c2ccc(N)cc2)CC1. The molecule has 0 aliphatic heterocycles. The molecule has 0 radical (unpaired) electrons. The minimum atomic E-state index is 0.128. The lowest BCUT2D eigenvalue weighted by molar-refractivity contribution is -0.121. The Kier molecular flexibility index (Phi) is 5.23. The highest BCUT2D eigenvalue weighted by Gasteiger charge is 2.42. The lowest BCUT2D eigenvalue weighted by Crippen LogP contribution is -2.31. The van der Waals surface area contributed by atoms with Crippen molar-refractivity contribution in [2.24, 2.45) is 5.41 Å². The van der Waals surface area contributed by atoms with E-state index >= 15 is 0 Å². The number of hydrogen-bond acceptors (Lipinski definition) is 3. The first kappa shape index (κ1) is 15.8. The molecule has 1 unspecified atom stereocenters. The van der Waals surface area contributed by atoms with Gasteiger partial charge in [0.15, 0.2) is 0 Å². The van der Waals surface area contributed by atoms with Crippen molar-refractivity contribution in [1.82, 2.24) is 5.32 Å². The Labute approximate surface area is 127 Å². The highest BCUT2D eigenvalue weighted by atomic mass is 16.5. The standard InChI is InChI=1S/C17H26N2O2/c1-13(14-3-5-15(18)6-4-14)11-16(20)19-12-17(7-8-17)9-10-21-2/h3-6,13H,7-12,18H2,1-2H3,(H,19,20). The molecular formula is C17H26N2O2. The Morgan fingerprint density at radius 2 is 2.05 bits per heavy atom. The van der Waals surface area contributed by atoms with Gasteiger partial charge in [-0.15, -0.1) is 0 Å². The maximum Gasteiger partial charge on any atom is 0.220 e. The van der Waals surface area contributed by atoms with Crippen molar-refractivity contribution >= 4 is 11.6 Å². The van der Waals surface area contributed by atoms with Crippen LogP contribution in [-0.4, -0.2) is 26.2 Å². The van der Waals surface area contributed by atoms with E-state index in [0.717, 1.165) is 30.8 Å². The molecule has 2 rings (SSSR count). The Hall–Kier alpha value is -1.55. The Morgan fingerprint density at radius 1 is 1.38 bits per heavy atom. The van der Waals surface area contributed by atoms with E-state index < -0.39 is 0 Å². The lowest BCUT2D eigenvalue weighted by atomic mass is 9.97. The minimum Gasteiger partial charge on any atom is -0.399 e. The molecule has 1 aliphatic carbocycles. The predicted molar refractivity (Wildman–Crippen MR) is 85.1 cm³/mol. The minimum absolute atomic E-state index is 0.128. The van der Waals surface area contributed by atoms with Crippen LogP contribution in [0.4, 0.5) is 5.69 Å². The number of methoxy groups -OCH3 is 1. The number of nitrogens with one attached hydrogen (secondary N) is 1. The van der Waals surface area contributed by atoms with Gasteiger partial charge in [0.25, 0.3) is 0 Å². The molecule has 0 aromatic heterocycles. The van der Waals surface area contributed by atoms with Gasteiger partial charge in [-0.05, 0) is 48.3 Å². The Bertz CT molecular complexity index is 466. The van der Waals surface area contributed by atoms with E-state index in [1.165, 1.54) is 12.8 Å². The maximum absolute atomic E-state index is 12.1. The maximum atomic E-state index is 12.1. The zero-order valence-corrected chi connectivity index (χ0v) is 13.0. The molecule has 1 aliphatic rings. The van der Waals surface area contributed by atoms with Gasteiger partial charge in [0.05, 0.1) is 0 Å². The molecule has 21 heavy (non-hydrogen) atoms. The second-order valence-corrected chi connectivity index (χ2v) is 6.29. The summed E-state index contributed by atoms with van der Waals surface area (Å²) in [6.45, 7) is 3.63. The van der Waals surface area contributed by atoms with Crippen molar-refractivity contribution in [3.63, 3.8) is 0 Å². The molecule has 1 fully saturated rings. The van der Waals surface area contributed by atoms with Crippen LogP contribution < -0.4 is 11.1 Å². The Balaban J connectivity index is 1.75. The molecule has 4 heteroatoms. The summed E-state index contributed by atoms with van der Waals surface area (Å²) in [7, 11) is 1.73. The fourth-order valence-corrected chi connectivity index (χ4v) is 2.59. The number of anilines is 1. The van der Waals surface area contributed by atoms with Crippen molar-refractivity contribution in [1.29, 1.82) is 0 Å². The molecule has 1 aromatic carbocycles. The van der Waals surface area contributed by atoms with Crippen molar-refractivity contribution < 1.29 is 9.53 Å². The zero-order chi connectivity index (χ0) is 15.3. The van der Waals surface area contributed by atoms with E-state index in [-0.39, 0.29) is 11.8 Å². The first-order valence-corrected chi connectivity index (χ1v) is 7.66. The fraction of sp³-hybridized carbons (Fsp3) is 0.588. The summed E-state index contributed by atoms with van der Waals surface area (Å²) < 4.78 is 5.13. The highest BCUT2D eigenvalue weighted by molar-refractivity contribution is 5.77. The molecule has 0 saturated heterocycles. The van der Waals surface area contributed by atoms with Gasteiger partial charge in [-0.3, -0.25) is 4.79 Å². The van der Waals surface area contributed by atoms with Gasteiger partial charge in [0, 0.05) is 32.4 Å². The van der Waals surface area contributed by atoms with Crippen LogP contribution in [-0.2, 0) is 9.53 Å². The van der Waals surface area contributed by atoms with E-state index in [9.17, 15) is 4.79 Å². The van der Waals surface area contributed by atoms with Gasteiger partial charge in [0.1, 0.15) is 0 Å². The summed E-state index contributed by atoms with van der Waals surface area (Å²) >= 11 is 0. The van der Waals surface area contributed by atoms with E-state index in [1.54, 1.807) is 7.11 Å². The molecule has 1 aromatic rings. The van der Waals surface area contributed by atoms with Crippen molar-refractivity contribution in [3.8, 4) is 0 Å². The lowest BCUT2D eigenvalue weighted by Gasteiger charge is -2.17. The topological polar surface area (TPSA) is 64.3 Å². The quantitative estimate of drug-likeness (QED) is 0.724. The first-order valence-electron chi connectivity index (χ1n) is 7.66. The van der Waals surface area contributed by atoms with Gasteiger partial charge in [-0.1, -0.05) is 19.1 Å². The van der Waals surface area contributed by atoms with E-state index in [1.807, 2.05) is 24.3 Å². The molecule has 3 N–H and O–H groups in total. The third-order valence-corrected chi connectivity index (χ3v) is 4.45. The molecule has 0 bridgehead atoms. The third-order valence-electron chi connectivity index (χ3n) is 4.45. The summed E-state index contributed by atoms with van der Waals surface area (Å²) in [5.74, 6) is 0.336. The van der Waals surface area contributed by atoms with Crippen LogP contribution in [0.3, 0.4) is 0 Å². The summed E-state index contributed by atoms with van der Waals surface area (Å²) in [4.78, 5) is 12.1. The summed E-state index contributed by atoms with van der Waals surface area (Å²) in [5, 5.41) is 3.09. The highest BCUT2D eigenvalue weighted by Crippen LogP contribution is 2.48. The molecule has 1 amide bonds. The molecule has 1 atom stereocenters. The number of rotatable bonds is 8. The molecular weight excluding hydrogens is 264 g/mol. The number of ether oxygens (including phenoxy) is 1. The molecule has 4 nitrogen and oxygen atoms in total. The average molecular weight is 290 g/mol. The second kappa shape index (κ2) is 6.94. The van der Waals surface area contributed by atoms with Crippen molar-refractivity contribution in [2.75, 3.05) is 26.0 Å². The van der Waals surface area contributed by atoms with Gasteiger partial charge < -0.3 is 15.8 Å². The molecule has 0 heterocycles. The van der Waals surface area contributed by atoms with Crippen LogP contribution in [0.25, 0.3) is 0 Å². The first-order chi connectivity index (χ1) is 10.0. The summed E-state index contributed by atoms with van der Waals surface area (Å²) in [5.41, 5.74) is 7.89. The van der Waals surface area contributed by atoms with Crippen molar-refractivity contribution in [3.05, 3.63) is 29.8 Å². The zero-order valence-electron chi connectivity index (χ0n) is 13.0. The average Bonchev–Trinajstić information content (AvgIpc) is 3.24. The van der Waals surface area contributed by atoms with Crippen LogP contribution in [0.15, 0.2) is 24.3 Å². The van der Waals surface area contributed by atoms with Crippen LogP contribution in [0.1, 0.15) is 44.1 Å². The normalized spacial score (nSPS) is 17.2. The van der Waals surface area contributed by atoms with Gasteiger partial charge >= 0.3 is 0 Å². The Morgan fingerprint density at radius 3 is 2.62 bits per heavy atom. The third kappa shape index (κ3) is 4.74. The van der Waals surface area contributed by atoms with Crippen LogP contribution in [0, 0.1) is 5.41 Å². The second-order valence-electron chi connectivity index (χ2n) is 6.29. The number of carbonyl (C=O) groups excluding carboxylic acids is 1. The molecule has 1 saturated carbocycles. The monoisotopic (exact) mass is 290 g/mol. The number of benzene rings is 1. The summed E-state index contributed by atoms with van der Waals surface area (Å²) in [6.07, 6.45) is 3.95. The van der Waals surface area contributed by atoms with E-state index in [2.05, 4.69) is 12.2 Å². The largest absolute Gasteiger partial charge is 0.399 e.